The number of nitriles is 1. The van der Waals surface area contributed by atoms with E-state index in [9.17, 15) is 4.79 Å². The van der Waals surface area contributed by atoms with Crippen molar-refractivity contribution in [1.29, 1.82) is 5.26 Å². The van der Waals surface area contributed by atoms with Gasteiger partial charge in [0.15, 0.2) is 5.13 Å². The molecule has 2 N–H and O–H groups in total. The van der Waals surface area contributed by atoms with Crippen LogP contribution >= 0.6 is 11.3 Å². The van der Waals surface area contributed by atoms with Crippen molar-refractivity contribution in [2.24, 2.45) is 0 Å². The Hall–Kier alpha value is -2.65. The summed E-state index contributed by atoms with van der Waals surface area (Å²) in [5.74, 6) is 0. The number of hydrogen-bond donors (Lipinski definition) is 2. The molecule has 2 amide bonds. The standard InChI is InChI=1S/C17H18N4OS/c1-4-11(2)5-6-12(3)19-16(22)21-17-20-14-8-7-13(10-18)9-15(14)23-17/h5-9H,4H2,1-3H3,(H2,19,20,21,22)/b11-5+,12-6+. The van der Waals surface area contributed by atoms with Gasteiger partial charge in [0.25, 0.3) is 0 Å². The molecule has 0 aliphatic carbocycles. The van der Waals surface area contributed by atoms with Crippen molar-refractivity contribution in [3.05, 3.63) is 47.2 Å². The van der Waals surface area contributed by atoms with Crippen LogP contribution in [0.5, 0.6) is 0 Å². The Labute approximate surface area is 139 Å². The smallest absolute Gasteiger partial charge is 0.312 e. The van der Waals surface area contributed by atoms with Gasteiger partial charge in [0.2, 0.25) is 0 Å². The Balaban J connectivity index is 2.04. The molecule has 1 heterocycles. The van der Waals surface area contributed by atoms with Gasteiger partial charge in [-0.15, -0.1) is 0 Å². The van der Waals surface area contributed by atoms with Crippen molar-refractivity contribution < 1.29 is 4.79 Å². The highest BCUT2D eigenvalue weighted by atomic mass is 32.1. The minimum Gasteiger partial charge on any atom is -0.312 e. The Kier molecular flexibility index (Phi) is 5.50. The molecule has 2 aromatic rings. The van der Waals surface area contributed by atoms with E-state index in [2.05, 4.69) is 28.6 Å². The van der Waals surface area contributed by atoms with Gasteiger partial charge in [-0.3, -0.25) is 5.32 Å². The van der Waals surface area contributed by atoms with Crippen LogP contribution in [-0.2, 0) is 0 Å². The van der Waals surface area contributed by atoms with Crippen LogP contribution < -0.4 is 10.6 Å². The SMILES string of the molecule is CC/C(C)=C/C=C(\C)NC(=O)Nc1nc2ccc(C#N)cc2s1. The largest absolute Gasteiger partial charge is 0.325 e. The molecule has 0 unspecified atom stereocenters. The first-order valence-electron chi connectivity index (χ1n) is 7.24. The number of allylic oxidation sites excluding steroid dienone is 4. The first-order chi connectivity index (χ1) is 11.0. The van der Waals surface area contributed by atoms with Crippen LogP contribution in [0.25, 0.3) is 10.2 Å². The van der Waals surface area contributed by atoms with Crippen molar-refractivity contribution >= 4 is 32.7 Å². The molecule has 6 heteroatoms. The molecule has 0 radical (unpaired) electrons. The van der Waals surface area contributed by atoms with Gasteiger partial charge >= 0.3 is 6.03 Å². The van der Waals surface area contributed by atoms with Gasteiger partial charge in [0, 0.05) is 5.70 Å². The van der Waals surface area contributed by atoms with Gasteiger partial charge < -0.3 is 5.32 Å². The van der Waals surface area contributed by atoms with E-state index in [1.165, 1.54) is 16.9 Å². The molecule has 0 spiro atoms. The summed E-state index contributed by atoms with van der Waals surface area (Å²) in [5.41, 5.74) is 3.33. The monoisotopic (exact) mass is 326 g/mol. The molecule has 1 aromatic heterocycles. The number of nitrogens with one attached hydrogen (secondary N) is 2. The summed E-state index contributed by atoms with van der Waals surface area (Å²) in [5, 5.41) is 14.9. The first-order valence-corrected chi connectivity index (χ1v) is 8.06. The topological polar surface area (TPSA) is 77.8 Å². The van der Waals surface area contributed by atoms with Crippen LogP contribution in [0.15, 0.2) is 41.6 Å². The summed E-state index contributed by atoms with van der Waals surface area (Å²) in [6.45, 7) is 5.96. The van der Waals surface area contributed by atoms with E-state index >= 15 is 0 Å². The number of carbonyl (C=O) groups is 1. The maximum Gasteiger partial charge on any atom is 0.325 e. The van der Waals surface area contributed by atoms with Crippen LogP contribution in [0.1, 0.15) is 32.8 Å². The highest BCUT2D eigenvalue weighted by molar-refractivity contribution is 7.22. The van der Waals surface area contributed by atoms with E-state index in [1.54, 1.807) is 18.2 Å². The number of carbonyl (C=O) groups excluding carboxylic acids is 1. The molecule has 0 aliphatic heterocycles. The second-order valence-corrected chi connectivity index (χ2v) is 6.14. The first kappa shape index (κ1) is 16.7. The molecular formula is C17H18N4OS. The maximum absolute atomic E-state index is 12.0. The van der Waals surface area contributed by atoms with E-state index in [0.29, 0.717) is 10.7 Å². The molecule has 0 aliphatic rings. The van der Waals surface area contributed by atoms with E-state index in [0.717, 1.165) is 22.3 Å². The molecule has 0 saturated heterocycles. The molecule has 2 rings (SSSR count). The fourth-order valence-corrected chi connectivity index (χ4v) is 2.68. The second kappa shape index (κ2) is 7.56. The molecule has 118 valence electrons. The Bertz CT molecular complexity index is 827. The quantitative estimate of drug-likeness (QED) is 0.809. The number of rotatable bonds is 4. The summed E-state index contributed by atoms with van der Waals surface area (Å²) >= 11 is 1.34. The van der Waals surface area contributed by atoms with Crippen molar-refractivity contribution in [2.45, 2.75) is 27.2 Å². The Morgan fingerprint density at radius 2 is 2.17 bits per heavy atom. The molecule has 0 atom stereocenters. The van der Waals surface area contributed by atoms with Crippen molar-refractivity contribution in [3.8, 4) is 6.07 Å². The third-order valence-corrected chi connectivity index (χ3v) is 4.16. The number of amides is 2. The van der Waals surface area contributed by atoms with Gasteiger partial charge in [0.05, 0.1) is 21.8 Å². The minimum atomic E-state index is -0.333. The van der Waals surface area contributed by atoms with E-state index in [-0.39, 0.29) is 6.03 Å². The Morgan fingerprint density at radius 3 is 2.87 bits per heavy atom. The fourth-order valence-electron chi connectivity index (χ4n) is 1.78. The zero-order valence-electron chi connectivity index (χ0n) is 13.3. The lowest BCUT2D eigenvalue weighted by molar-refractivity contribution is 0.254. The van der Waals surface area contributed by atoms with Gasteiger partial charge in [-0.05, 0) is 44.5 Å². The summed E-state index contributed by atoms with van der Waals surface area (Å²) in [6, 6.07) is 7.00. The average molecular weight is 326 g/mol. The number of fused-ring (bicyclic) bond motifs is 1. The van der Waals surface area contributed by atoms with Crippen molar-refractivity contribution in [3.63, 3.8) is 0 Å². The Morgan fingerprint density at radius 1 is 1.39 bits per heavy atom. The molecule has 5 nitrogen and oxygen atoms in total. The second-order valence-electron chi connectivity index (χ2n) is 5.11. The lowest BCUT2D eigenvalue weighted by atomic mass is 10.2. The summed E-state index contributed by atoms with van der Waals surface area (Å²) in [4.78, 5) is 16.3. The zero-order valence-corrected chi connectivity index (χ0v) is 14.1. The number of benzene rings is 1. The van der Waals surface area contributed by atoms with Crippen LogP contribution in [0.2, 0.25) is 0 Å². The maximum atomic E-state index is 12.0. The number of thiazole rings is 1. The molecule has 0 bridgehead atoms. The third kappa shape index (κ3) is 4.66. The lowest BCUT2D eigenvalue weighted by Gasteiger charge is -2.04. The van der Waals surface area contributed by atoms with E-state index in [4.69, 9.17) is 5.26 Å². The van der Waals surface area contributed by atoms with Crippen LogP contribution in [0.4, 0.5) is 9.93 Å². The summed E-state index contributed by atoms with van der Waals surface area (Å²) in [6.07, 6.45) is 4.83. The molecule has 23 heavy (non-hydrogen) atoms. The van der Waals surface area contributed by atoms with Gasteiger partial charge in [0.1, 0.15) is 0 Å². The number of urea groups is 1. The van der Waals surface area contributed by atoms with Gasteiger partial charge in [-0.25, -0.2) is 9.78 Å². The minimum absolute atomic E-state index is 0.333. The third-order valence-electron chi connectivity index (χ3n) is 3.22. The van der Waals surface area contributed by atoms with E-state index < -0.39 is 0 Å². The normalized spacial score (nSPS) is 12.1. The van der Waals surface area contributed by atoms with Crippen LogP contribution in [0.3, 0.4) is 0 Å². The number of hydrogen-bond acceptors (Lipinski definition) is 4. The predicted molar refractivity (Wildman–Crippen MR) is 94.3 cm³/mol. The van der Waals surface area contributed by atoms with Crippen molar-refractivity contribution in [2.75, 3.05) is 5.32 Å². The summed E-state index contributed by atoms with van der Waals surface area (Å²) < 4.78 is 0.869. The predicted octanol–water partition coefficient (Wildman–Crippen LogP) is 4.55. The van der Waals surface area contributed by atoms with Crippen LogP contribution in [-0.4, -0.2) is 11.0 Å². The molecule has 0 fully saturated rings. The zero-order chi connectivity index (χ0) is 16.8. The van der Waals surface area contributed by atoms with Crippen LogP contribution in [0, 0.1) is 11.3 Å². The van der Waals surface area contributed by atoms with Gasteiger partial charge in [-0.1, -0.05) is 29.9 Å². The molecular weight excluding hydrogens is 308 g/mol. The average Bonchev–Trinajstić information content (AvgIpc) is 2.93. The fraction of sp³-hybridized carbons (Fsp3) is 0.235. The highest BCUT2D eigenvalue weighted by Crippen LogP contribution is 2.26. The molecule has 0 saturated carbocycles. The van der Waals surface area contributed by atoms with Crippen molar-refractivity contribution in [1.82, 2.24) is 10.3 Å². The van der Waals surface area contributed by atoms with E-state index in [1.807, 2.05) is 26.0 Å². The lowest BCUT2D eigenvalue weighted by Crippen LogP contribution is -2.26. The van der Waals surface area contributed by atoms with Gasteiger partial charge in [-0.2, -0.15) is 5.26 Å². The number of aromatic nitrogens is 1. The summed E-state index contributed by atoms with van der Waals surface area (Å²) in [7, 11) is 0. The highest BCUT2D eigenvalue weighted by Gasteiger charge is 2.08. The number of nitrogens with zero attached hydrogens (tertiary/aromatic N) is 2. The number of anilines is 1. The molecule has 1 aromatic carbocycles.